The lowest BCUT2D eigenvalue weighted by Gasteiger charge is -2.01. The van der Waals surface area contributed by atoms with Crippen LogP contribution in [0.1, 0.15) is 16.1 Å². The van der Waals surface area contributed by atoms with Crippen LogP contribution in [-0.4, -0.2) is 12.5 Å². The summed E-state index contributed by atoms with van der Waals surface area (Å²) in [6.07, 6.45) is 2.52. The molecule has 0 aliphatic heterocycles. The van der Waals surface area contributed by atoms with Gasteiger partial charge in [0.2, 0.25) is 0 Å². The number of nitrogens with one attached hydrogen (secondary N) is 1. The number of nitrogens with two attached hydrogens (primary N) is 1. The number of hydrogen-bond acceptors (Lipinski definition) is 3. The third-order valence-electron chi connectivity index (χ3n) is 2.53. The molecule has 1 aromatic carbocycles. The Morgan fingerprint density at radius 1 is 1.56 bits per heavy atom. The monoisotopic (exact) mass is 324 g/mol. The molecule has 0 unspecified atom stereocenters. The van der Waals surface area contributed by atoms with Gasteiger partial charge in [0.1, 0.15) is 4.88 Å². The smallest absolute Gasteiger partial charge is 0.263 e. The zero-order valence-corrected chi connectivity index (χ0v) is 12.1. The van der Waals surface area contributed by atoms with Gasteiger partial charge in [-0.2, -0.15) is 0 Å². The number of carbonyl (C=O) groups is 1. The first-order valence-electron chi connectivity index (χ1n) is 5.50. The minimum atomic E-state index is -0.119. The number of halogens is 1. The minimum Gasteiger partial charge on any atom is -0.397 e. The van der Waals surface area contributed by atoms with E-state index in [1.54, 1.807) is 6.08 Å². The molecule has 0 saturated carbocycles. The van der Waals surface area contributed by atoms with Crippen LogP contribution in [0, 0.1) is 0 Å². The molecule has 3 nitrogen and oxygen atoms in total. The van der Waals surface area contributed by atoms with Crippen molar-refractivity contribution in [2.75, 3.05) is 12.3 Å². The minimum absolute atomic E-state index is 0.119. The average Bonchev–Trinajstić information content (AvgIpc) is 2.67. The van der Waals surface area contributed by atoms with Crippen LogP contribution in [0.2, 0.25) is 0 Å². The molecule has 0 spiro atoms. The summed E-state index contributed by atoms with van der Waals surface area (Å²) in [6, 6.07) is 5.83. The van der Waals surface area contributed by atoms with Gasteiger partial charge in [0.05, 0.1) is 5.69 Å². The summed E-state index contributed by atoms with van der Waals surface area (Å²) in [5, 5.41) is 3.74. The predicted octanol–water partition coefficient (Wildman–Crippen LogP) is 3.55. The van der Waals surface area contributed by atoms with E-state index in [0.717, 1.165) is 21.0 Å². The quantitative estimate of drug-likeness (QED) is 0.667. The Kier molecular flexibility index (Phi) is 4.04. The van der Waals surface area contributed by atoms with E-state index in [1.165, 1.54) is 11.3 Å². The lowest BCUT2D eigenvalue weighted by Crippen LogP contribution is -2.23. The van der Waals surface area contributed by atoms with Crippen molar-refractivity contribution in [1.29, 1.82) is 0 Å². The zero-order valence-electron chi connectivity index (χ0n) is 9.70. The van der Waals surface area contributed by atoms with E-state index in [0.29, 0.717) is 17.1 Å². The second-order valence-corrected chi connectivity index (χ2v) is 5.79. The molecule has 3 N–H and O–H groups in total. The first-order chi connectivity index (χ1) is 8.63. The molecule has 0 atom stereocenters. The average molecular weight is 325 g/mol. The molecular formula is C13H13BrN2OS. The molecule has 1 amide bonds. The molecule has 18 heavy (non-hydrogen) atoms. The Labute approximate surface area is 118 Å². The largest absolute Gasteiger partial charge is 0.397 e. The maximum Gasteiger partial charge on any atom is 0.263 e. The number of amides is 1. The number of hydrogen-bond donors (Lipinski definition) is 2. The highest BCUT2D eigenvalue weighted by Gasteiger charge is 2.15. The van der Waals surface area contributed by atoms with Gasteiger partial charge >= 0.3 is 0 Å². The summed E-state index contributed by atoms with van der Waals surface area (Å²) in [6.45, 7) is 4.20. The van der Waals surface area contributed by atoms with Crippen LogP contribution in [-0.2, 0) is 0 Å². The van der Waals surface area contributed by atoms with Crippen molar-refractivity contribution in [3.8, 4) is 0 Å². The van der Waals surface area contributed by atoms with Gasteiger partial charge in [-0.1, -0.05) is 22.0 Å². The molecule has 0 saturated heterocycles. The van der Waals surface area contributed by atoms with E-state index in [-0.39, 0.29) is 5.91 Å². The van der Waals surface area contributed by atoms with Crippen LogP contribution >= 0.6 is 27.3 Å². The number of rotatable bonds is 4. The van der Waals surface area contributed by atoms with E-state index in [9.17, 15) is 4.79 Å². The van der Waals surface area contributed by atoms with Gasteiger partial charge in [0, 0.05) is 21.1 Å². The van der Waals surface area contributed by atoms with E-state index in [2.05, 4.69) is 27.8 Å². The number of nitrogen functional groups attached to an aromatic ring is 1. The van der Waals surface area contributed by atoms with E-state index >= 15 is 0 Å². The van der Waals surface area contributed by atoms with Crippen molar-refractivity contribution in [2.45, 2.75) is 6.42 Å². The van der Waals surface area contributed by atoms with Crippen molar-refractivity contribution in [3.05, 3.63) is 40.2 Å². The lowest BCUT2D eigenvalue weighted by molar-refractivity contribution is 0.0959. The number of anilines is 1. The zero-order chi connectivity index (χ0) is 13.1. The van der Waals surface area contributed by atoms with Gasteiger partial charge in [0.25, 0.3) is 5.91 Å². The molecule has 94 valence electrons. The molecule has 2 aromatic rings. The molecule has 0 aliphatic carbocycles. The summed E-state index contributed by atoms with van der Waals surface area (Å²) >= 11 is 4.82. The second kappa shape index (κ2) is 5.54. The summed E-state index contributed by atoms with van der Waals surface area (Å²) in [5.41, 5.74) is 6.57. The van der Waals surface area contributed by atoms with Crippen LogP contribution in [0.4, 0.5) is 5.69 Å². The molecular weight excluding hydrogens is 312 g/mol. The van der Waals surface area contributed by atoms with Gasteiger partial charge < -0.3 is 11.1 Å². The van der Waals surface area contributed by atoms with E-state index in [1.807, 2.05) is 18.2 Å². The Morgan fingerprint density at radius 3 is 3.06 bits per heavy atom. The Balaban J connectivity index is 2.31. The SMILES string of the molecule is C=CCCNC(=O)c1sc2ccc(Br)cc2c1N. The van der Waals surface area contributed by atoms with E-state index < -0.39 is 0 Å². The summed E-state index contributed by atoms with van der Waals surface area (Å²) < 4.78 is 1.97. The van der Waals surface area contributed by atoms with Crippen molar-refractivity contribution in [1.82, 2.24) is 5.32 Å². The Hall–Kier alpha value is -1.33. The van der Waals surface area contributed by atoms with Crippen LogP contribution in [0.15, 0.2) is 35.3 Å². The second-order valence-electron chi connectivity index (χ2n) is 3.82. The van der Waals surface area contributed by atoms with Crippen LogP contribution in [0.3, 0.4) is 0 Å². The van der Waals surface area contributed by atoms with Gasteiger partial charge in [-0.25, -0.2) is 0 Å². The fourth-order valence-electron chi connectivity index (χ4n) is 1.63. The molecule has 2 rings (SSSR count). The molecule has 0 fully saturated rings. The fraction of sp³-hybridized carbons (Fsp3) is 0.154. The molecule has 0 radical (unpaired) electrons. The normalized spacial score (nSPS) is 10.5. The van der Waals surface area contributed by atoms with Crippen molar-refractivity contribution < 1.29 is 4.79 Å². The highest BCUT2D eigenvalue weighted by molar-refractivity contribution is 9.10. The van der Waals surface area contributed by atoms with Crippen LogP contribution < -0.4 is 11.1 Å². The first-order valence-corrected chi connectivity index (χ1v) is 7.11. The van der Waals surface area contributed by atoms with Crippen molar-refractivity contribution in [3.63, 3.8) is 0 Å². The third kappa shape index (κ3) is 2.57. The van der Waals surface area contributed by atoms with Crippen molar-refractivity contribution >= 4 is 48.9 Å². The van der Waals surface area contributed by atoms with Crippen LogP contribution in [0.25, 0.3) is 10.1 Å². The summed E-state index contributed by atoms with van der Waals surface area (Å²) in [7, 11) is 0. The predicted molar refractivity (Wildman–Crippen MR) is 81.1 cm³/mol. The maximum absolute atomic E-state index is 12.0. The van der Waals surface area contributed by atoms with Gasteiger partial charge in [-0.15, -0.1) is 17.9 Å². The topological polar surface area (TPSA) is 55.1 Å². The Bertz CT molecular complexity index is 606. The van der Waals surface area contributed by atoms with Gasteiger partial charge in [0.15, 0.2) is 0 Å². The van der Waals surface area contributed by atoms with Crippen LogP contribution in [0.5, 0.6) is 0 Å². The highest BCUT2D eigenvalue weighted by atomic mass is 79.9. The molecule has 0 bridgehead atoms. The molecule has 0 aliphatic rings. The maximum atomic E-state index is 12.0. The standard InChI is InChI=1S/C13H13BrN2OS/c1-2-3-6-16-13(17)12-11(15)9-7-8(14)4-5-10(9)18-12/h2,4-5,7H,1,3,6,15H2,(H,16,17). The lowest BCUT2D eigenvalue weighted by atomic mass is 10.2. The number of fused-ring (bicyclic) bond motifs is 1. The molecule has 5 heteroatoms. The van der Waals surface area contributed by atoms with Crippen molar-refractivity contribution in [2.24, 2.45) is 0 Å². The fourth-order valence-corrected chi connectivity index (χ4v) is 3.01. The highest BCUT2D eigenvalue weighted by Crippen LogP contribution is 2.35. The molecule has 1 heterocycles. The first kappa shape index (κ1) is 13.1. The molecule has 1 aromatic heterocycles. The summed E-state index contributed by atoms with van der Waals surface area (Å²) in [5.74, 6) is -0.119. The third-order valence-corrected chi connectivity index (χ3v) is 4.21. The number of thiophene rings is 1. The number of carbonyl (C=O) groups excluding carboxylic acids is 1. The number of benzene rings is 1. The summed E-state index contributed by atoms with van der Waals surface area (Å²) in [4.78, 5) is 12.5. The van der Waals surface area contributed by atoms with E-state index in [4.69, 9.17) is 5.73 Å². The Morgan fingerprint density at radius 2 is 2.33 bits per heavy atom. The van der Waals surface area contributed by atoms with Gasteiger partial charge in [-0.3, -0.25) is 4.79 Å². The van der Waals surface area contributed by atoms with Gasteiger partial charge in [-0.05, 0) is 24.6 Å².